The van der Waals surface area contributed by atoms with Crippen LogP contribution in [-0.2, 0) is 4.74 Å². The van der Waals surface area contributed by atoms with E-state index < -0.39 is 6.04 Å². The Morgan fingerprint density at radius 2 is 2.33 bits per heavy atom. The number of methoxy groups -OCH3 is 1. The Morgan fingerprint density at radius 1 is 1.67 bits per heavy atom. The molecular formula is C10H18N4O3S. The van der Waals surface area contributed by atoms with Crippen LogP contribution < -0.4 is 16.0 Å². The summed E-state index contributed by atoms with van der Waals surface area (Å²) < 4.78 is 4.88. The molecule has 0 aromatic carbocycles. The van der Waals surface area contributed by atoms with Crippen molar-refractivity contribution in [2.24, 2.45) is 0 Å². The van der Waals surface area contributed by atoms with Crippen molar-refractivity contribution in [1.29, 1.82) is 0 Å². The summed E-state index contributed by atoms with van der Waals surface area (Å²) in [6.07, 6.45) is 0. The van der Waals surface area contributed by atoms with Gasteiger partial charge in [-0.3, -0.25) is 4.79 Å². The molecule has 0 saturated carbocycles. The number of nitrogens with two attached hydrogens (primary N) is 1. The lowest BCUT2D eigenvalue weighted by Crippen LogP contribution is -2.40. The fourth-order valence-electron chi connectivity index (χ4n) is 1.27. The predicted octanol–water partition coefficient (Wildman–Crippen LogP) is -0.472. The number of aliphatic hydroxyl groups excluding tert-OH is 1. The average molecular weight is 274 g/mol. The monoisotopic (exact) mass is 274 g/mol. The molecule has 0 fully saturated rings. The van der Waals surface area contributed by atoms with Crippen molar-refractivity contribution < 1.29 is 14.6 Å². The second-order valence-corrected chi connectivity index (χ2v) is 4.89. The van der Waals surface area contributed by atoms with E-state index in [0.29, 0.717) is 10.0 Å². The molecule has 7 nitrogen and oxygen atoms in total. The maximum absolute atomic E-state index is 11.9. The van der Waals surface area contributed by atoms with Crippen molar-refractivity contribution in [3.05, 3.63) is 4.88 Å². The van der Waals surface area contributed by atoms with Gasteiger partial charge in [-0.1, -0.05) is 11.3 Å². The van der Waals surface area contributed by atoms with Gasteiger partial charge in [0.2, 0.25) is 0 Å². The van der Waals surface area contributed by atoms with Gasteiger partial charge in [-0.2, -0.15) is 0 Å². The lowest BCUT2D eigenvalue weighted by molar-refractivity contribution is 0.0844. The molecule has 0 saturated heterocycles. The number of thiazole rings is 1. The van der Waals surface area contributed by atoms with Crippen molar-refractivity contribution in [1.82, 2.24) is 10.3 Å². The highest BCUT2D eigenvalue weighted by atomic mass is 32.1. The molecule has 1 aromatic heterocycles. The van der Waals surface area contributed by atoms with Crippen LogP contribution in [0.3, 0.4) is 0 Å². The van der Waals surface area contributed by atoms with Gasteiger partial charge in [0.25, 0.3) is 5.91 Å². The molecule has 8 heteroatoms. The molecule has 102 valence electrons. The predicted molar refractivity (Wildman–Crippen MR) is 71.1 cm³/mol. The Balaban J connectivity index is 2.77. The third-order valence-corrected chi connectivity index (χ3v) is 3.39. The molecular weight excluding hydrogens is 256 g/mol. The molecule has 0 spiro atoms. The number of hydrogen-bond acceptors (Lipinski definition) is 7. The summed E-state index contributed by atoms with van der Waals surface area (Å²) in [5.74, 6) is -0.162. The van der Waals surface area contributed by atoms with Crippen LogP contribution in [0.25, 0.3) is 0 Å². The molecule has 1 amide bonds. The standard InChI is InChI=1S/C10H18N4O3S/c1-14(2)10-13-8(11)7(18-10)9(16)12-6(4-15)5-17-3/h6,15H,4-5,11H2,1-3H3,(H,12,16). The van der Waals surface area contributed by atoms with Crippen LogP contribution in [0, 0.1) is 0 Å². The van der Waals surface area contributed by atoms with Gasteiger partial charge in [0, 0.05) is 21.2 Å². The number of aliphatic hydroxyl groups is 1. The van der Waals surface area contributed by atoms with E-state index in [-0.39, 0.29) is 24.9 Å². The van der Waals surface area contributed by atoms with Crippen LogP contribution in [0.4, 0.5) is 10.9 Å². The molecule has 0 aliphatic heterocycles. The molecule has 1 aromatic rings. The normalized spacial score (nSPS) is 12.2. The topological polar surface area (TPSA) is 101 Å². The molecule has 0 aliphatic rings. The molecule has 0 radical (unpaired) electrons. The molecule has 1 rings (SSSR count). The zero-order valence-electron chi connectivity index (χ0n) is 10.6. The van der Waals surface area contributed by atoms with Crippen molar-refractivity contribution in [3.63, 3.8) is 0 Å². The third-order valence-electron chi connectivity index (χ3n) is 2.15. The smallest absolute Gasteiger partial charge is 0.265 e. The quantitative estimate of drug-likeness (QED) is 0.648. The molecule has 0 bridgehead atoms. The summed E-state index contributed by atoms with van der Waals surface area (Å²) in [6.45, 7) is 0.0420. The number of nitrogens with one attached hydrogen (secondary N) is 1. The second kappa shape index (κ2) is 6.53. The van der Waals surface area contributed by atoms with E-state index in [4.69, 9.17) is 15.6 Å². The van der Waals surface area contributed by atoms with E-state index in [1.165, 1.54) is 18.4 Å². The van der Waals surface area contributed by atoms with Crippen molar-refractivity contribution in [2.45, 2.75) is 6.04 Å². The summed E-state index contributed by atoms with van der Waals surface area (Å²) in [6, 6.07) is -0.452. The minimum atomic E-state index is -0.452. The summed E-state index contributed by atoms with van der Waals surface area (Å²) in [7, 11) is 5.14. The van der Waals surface area contributed by atoms with Crippen molar-refractivity contribution >= 4 is 28.2 Å². The highest BCUT2D eigenvalue weighted by Crippen LogP contribution is 2.26. The van der Waals surface area contributed by atoms with E-state index in [0.717, 1.165) is 0 Å². The maximum atomic E-state index is 11.9. The Labute approximate surface area is 110 Å². The maximum Gasteiger partial charge on any atom is 0.265 e. The van der Waals surface area contributed by atoms with Gasteiger partial charge in [-0.05, 0) is 0 Å². The Bertz CT molecular complexity index is 408. The van der Waals surface area contributed by atoms with E-state index in [2.05, 4.69) is 10.3 Å². The summed E-state index contributed by atoms with van der Waals surface area (Å²) in [5.41, 5.74) is 5.69. The zero-order valence-corrected chi connectivity index (χ0v) is 11.5. The van der Waals surface area contributed by atoms with Crippen LogP contribution >= 0.6 is 11.3 Å². The summed E-state index contributed by atoms with van der Waals surface area (Å²) >= 11 is 1.20. The number of carbonyl (C=O) groups excluding carboxylic acids is 1. The van der Waals surface area contributed by atoms with E-state index in [1.807, 2.05) is 14.1 Å². The number of rotatable bonds is 6. The van der Waals surface area contributed by atoms with Crippen molar-refractivity contribution in [3.8, 4) is 0 Å². The van der Waals surface area contributed by atoms with Gasteiger partial charge in [0.1, 0.15) is 10.7 Å². The number of hydrogen-bond donors (Lipinski definition) is 3. The highest BCUT2D eigenvalue weighted by molar-refractivity contribution is 7.18. The highest BCUT2D eigenvalue weighted by Gasteiger charge is 2.19. The van der Waals surface area contributed by atoms with Gasteiger partial charge in [0.05, 0.1) is 19.3 Å². The fraction of sp³-hybridized carbons (Fsp3) is 0.600. The van der Waals surface area contributed by atoms with Gasteiger partial charge >= 0.3 is 0 Å². The van der Waals surface area contributed by atoms with Crippen LogP contribution in [0.2, 0.25) is 0 Å². The first kappa shape index (κ1) is 14.7. The summed E-state index contributed by atoms with van der Waals surface area (Å²) in [4.78, 5) is 18.1. The largest absolute Gasteiger partial charge is 0.394 e. The van der Waals surface area contributed by atoms with Crippen LogP contribution in [0.15, 0.2) is 0 Å². The fourth-order valence-corrected chi connectivity index (χ4v) is 2.08. The number of anilines is 2. The number of ether oxygens (including phenoxy) is 1. The Hall–Kier alpha value is -1.38. The lowest BCUT2D eigenvalue weighted by atomic mass is 10.3. The van der Waals surface area contributed by atoms with Crippen molar-refractivity contribution in [2.75, 3.05) is 45.1 Å². The molecule has 4 N–H and O–H groups in total. The van der Waals surface area contributed by atoms with Gasteiger partial charge in [0.15, 0.2) is 5.13 Å². The van der Waals surface area contributed by atoms with Gasteiger partial charge in [-0.15, -0.1) is 0 Å². The Kier molecular flexibility index (Phi) is 5.32. The van der Waals surface area contributed by atoms with E-state index in [9.17, 15) is 4.79 Å². The first-order chi connectivity index (χ1) is 8.49. The van der Waals surface area contributed by atoms with E-state index >= 15 is 0 Å². The number of carbonyl (C=O) groups is 1. The van der Waals surface area contributed by atoms with Crippen LogP contribution in [0.5, 0.6) is 0 Å². The third kappa shape index (κ3) is 3.56. The lowest BCUT2D eigenvalue weighted by Gasteiger charge is -2.14. The number of nitrogen functional groups attached to an aromatic ring is 1. The SMILES string of the molecule is COCC(CO)NC(=O)c1sc(N(C)C)nc1N. The van der Waals surface area contributed by atoms with Crippen LogP contribution in [0.1, 0.15) is 9.67 Å². The second-order valence-electron chi connectivity index (χ2n) is 3.91. The number of aromatic nitrogens is 1. The Morgan fingerprint density at radius 3 is 2.78 bits per heavy atom. The van der Waals surface area contributed by atoms with Crippen LogP contribution in [-0.4, -0.2) is 56.5 Å². The molecule has 1 heterocycles. The minimum Gasteiger partial charge on any atom is -0.394 e. The molecule has 18 heavy (non-hydrogen) atoms. The molecule has 0 aliphatic carbocycles. The molecule has 1 unspecified atom stereocenters. The zero-order chi connectivity index (χ0) is 13.7. The first-order valence-corrected chi connectivity index (χ1v) is 6.15. The molecule has 1 atom stereocenters. The number of nitrogens with zero attached hydrogens (tertiary/aromatic N) is 2. The van der Waals surface area contributed by atoms with Gasteiger partial charge < -0.3 is 25.8 Å². The van der Waals surface area contributed by atoms with Gasteiger partial charge in [-0.25, -0.2) is 4.98 Å². The van der Waals surface area contributed by atoms with E-state index in [1.54, 1.807) is 4.90 Å². The summed E-state index contributed by atoms with van der Waals surface area (Å²) in [5, 5.41) is 12.4. The first-order valence-electron chi connectivity index (χ1n) is 5.33. The number of amides is 1. The average Bonchev–Trinajstić information content (AvgIpc) is 2.71. The minimum absolute atomic E-state index is 0.190.